The molecule has 2 rings (SSSR count). The van der Waals surface area contributed by atoms with Crippen LogP contribution < -0.4 is 0 Å². The molecule has 2 heteroatoms. The molecule has 2 aliphatic carbocycles. The van der Waals surface area contributed by atoms with Gasteiger partial charge in [0, 0.05) is 11.2 Å². The maximum absolute atomic E-state index is 9.10. The fourth-order valence-electron chi connectivity index (χ4n) is 4.52. The van der Waals surface area contributed by atoms with E-state index >= 15 is 0 Å². The van der Waals surface area contributed by atoms with E-state index in [1.54, 1.807) is 0 Å². The Morgan fingerprint density at radius 3 is 2.53 bits per heavy atom. The molecule has 4 unspecified atom stereocenters. The van der Waals surface area contributed by atoms with Crippen molar-refractivity contribution in [1.29, 1.82) is 5.26 Å². The van der Waals surface area contributed by atoms with E-state index in [1.165, 1.54) is 12.8 Å². The Morgan fingerprint density at radius 2 is 2.00 bits per heavy atom. The minimum absolute atomic E-state index is 0.245. The van der Waals surface area contributed by atoms with Gasteiger partial charge in [0.1, 0.15) is 0 Å². The van der Waals surface area contributed by atoms with Crippen LogP contribution in [0.2, 0.25) is 0 Å². The van der Waals surface area contributed by atoms with Gasteiger partial charge in [-0.3, -0.25) is 0 Å². The summed E-state index contributed by atoms with van der Waals surface area (Å²) in [6, 6.07) is 2.43. The summed E-state index contributed by atoms with van der Waals surface area (Å²) in [5, 5.41) is 9.10. The SMILES string of the molecule is CC1C2(C)CCC(Br)C(C)(C)C12CC#N. The number of fused-ring (bicyclic) bond motifs is 1. The summed E-state index contributed by atoms with van der Waals surface area (Å²) >= 11 is 3.82. The lowest BCUT2D eigenvalue weighted by Gasteiger charge is -2.45. The van der Waals surface area contributed by atoms with Crippen molar-refractivity contribution in [2.24, 2.45) is 22.2 Å². The lowest BCUT2D eigenvalue weighted by Crippen LogP contribution is -2.42. The Hall–Kier alpha value is -0.0300. The third-order valence-corrected chi connectivity index (χ3v) is 7.44. The van der Waals surface area contributed by atoms with Crippen LogP contribution in [-0.2, 0) is 0 Å². The summed E-state index contributed by atoms with van der Waals surface area (Å²) in [4.78, 5) is 0.566. The molecule has 0 amide bonds. The highest BCUT2D eigenvalue weighted by molar-refractivity contribution is 9.09. The van der Waals surface area contributed by atoms with E-state index in [0.29, 0.717) is 16.2 Å². The molecule has 0 saturated heterocycles. The molecule has 0 aromatic rings. The van der Waals surface area contributed by atoms with Crippen LogP contribution in [0, 0.1) is 33.5 Å². The fraction of sp³-hybridized carbons (Fsp3) is 0.923. The van der Waals surface area contributed by atoms with E-state index in [0.717, 1.165) is 6.42 Å². The molecular formula is C13H20BrN. The van der Waals surface area contributed by atoms with Crippen LogP contribution in [0.1, 0.15) is 47.0 Å². The van der Waals surface area contributed by atoms with Crippen LogP contribution in [0.15, 0.2) is 0 Å². The standard InChI is InChI=1S/C13H20BrN/c1-9-12(4)6-5-10(14)11(2,3)13(9,12)7-8-15/h9-10H,5-7H2,1-4H3. The highest BCUT2D eigenvalue weighted by Crippen LogP contribution is 2.82. The minimum Gasteiger partial charge on any atom is -0.198 e. The Kier molecular flexibility index (Phi) is 2.29. The molecule has 84 valence electrons. The van der Waals surface area contributed by atoms with Gasteiger partial charge in [-0.1, -0.05) is 43.6 Å². The van der Waals surface area contributed by atoms with Crippen molar-refractivity contribution in [2.75, 3.05) is 0 Å². The number of hydrogen-bond acceptors (Lipinski definition) is 1. The molecule has 1 nitrogen and oxygen atoms in total. The van der Waals surface area contributed by atoms with Gasteiger partial charge in [-0.15, -0.1) is 0 Å². The van der Waals surface area contributed by atoms with E-state index in [4.69, 9.17) is 5.26 Å². The first kappa shape index (κ1) is 11.5. The van der Waals surface area contributed by atoms with Crippen LogP contribution in [-0.4, -0.2) is 4.83 Å². The van der Waals surface area contributed by atoms with Crippen molar-refractivity contribution < 1.29 is 0 Å². The monoisotopic (exact) mass is 269 g/mol. The lowest BCUT2D eigenvalue weighted by molar-refractivity contribution is 0.0893. The van der Waals surface area contributed by atoms with Gasteiger partial charge < -0.3 is 0 Å². The second kappa shape index (κ2) is 3.00. The van der Waals surface area contributed by atoms with E-state index in [2.05, 4.69) is 49.7 Å². The number of alkyl halides is 1. The molecule has 0 N–H and O–H groups in total. The Balaban J connectivity index is 2.44. The van der Waals surface area contributed by atoms with Crippen molar-refractivity contribution in [2.45, 2.75) is 51.8 Å². The molecule has 2 saturated carbocycles. The topological polar surface area (TPSA) is 23.8 Å². The predicted octanol–water partition coefficient (Wildman–Crippen LogP) is 4.13. The van der Waals surface area contributed by atoms with E-state index < -0.39 is 0 Å². The smallest absolute Gasteiger partial charge is 0.0628 e. The molecule has 0 bridgehead atoms. The van der Waals surface area contributed by atoms with Gasteiger partial charge in [-0.05, 0) is 35.0 Å². The third-order valence-electron chi connectivity index (χ3n) is 5.84. The molecular weight excluding hydrogens is 250 g/mol. The number of nitrogens with zero attached hydrogens (tertiary/aromatic N) is 1. The largest absolute Gasteiger partial charge is 0.198 e. The van der Waals surface area contributed by atoms with Gasteiger partial charge in [0.05, 0.1) is 6.07 Å². The predicted molar refractivity (Wildman–Crippen MR) is 65.7 cm³/mol. The minimum atomic E-state index is 0.245. The summed E-state index contributed by atoms with van der Waals surface area (Å²) in [6.45, 7) is 9.40. The number of hydrogen-bond donors (Lipinski definition) is 0. The number of halogens is 1. The Morgan fingerprint density at radius 1 is 1.40 bits per heavy atom. The maximum atomic E-state index is 9.10. The average molecular weight is 270 g/mol. The zero-order valence-electron chi connectivity index (χ0n) is 10.1. The van der Waals surface area contributed by atoms with Gasteiger partial charge in [-0.2, -0.15) is 5.26 Å². The van der Waals surface area contributed by atoms with Crippen LogP contribution in [0.25, 0.3) is 0 Å². The molecule has 2 aliphatic rings. The molecule has 4 atom stereocenters. The van der Waals surface area contributed by atoms with Crippen LogP contribution in [0.5, 0.6) is 0 Å². The number of nitriles is 1. The molecule has 0 aliphatic heterocycles. The van der Waals surface area contributed by atoms with Gasteiger partial charge in [-0.25, -0.2) is 0 Å². The number of rotatable bonds is 1. The molecule has 15 heavy (non-hydrogen) atoms. The zero-order valence-corrected chi connectivity index (χ0v) is 11.7. The second-order valence-corrected chi connectivity index (χ2v) is 7.28. The first-order valence-electron chi connectivity index (χ1n) is 5.85. The maximum Gasteiger partial charge on any atom is 0.0628 e. The van der Waals surface area contributed by atoms with Gasteiger partial charge in [0.15, 0.2) is 0 Å². The average Bonchev–Trinajstić information content (AvgIpc) is 2.64. The van der Waals surface area contributed by atoms with Gasteiger partial charge in [0.25, 0.3) is 0 Å². The van der Waals surface area contributed by atoms with Crippen molar-refractivity contribution in [1.82, 2.24) is 0 Å². The first-order valence-corrected chi connectivity index (χ1v) is 6.77. The molecule has 2 fully saturated rings. The summed E-state index contributed by atoms with van der Waals surface area (Å²) in [7, 11) is 0. The summed E-state index contributed by atoms with van der Waals surface area (Å²) in [5.74, 6) is 0.696. The molecule has 0 heterocycles. The third kappa shape index (κ3) is 1.04. The van der Waals surface area contributed by atoms with Crippen LogP contribution >= 0.6 is 15.9 Å². The van der Waals surface area contributed by atoms with E-state index in [1.807, 2.05) is 0 Å². The van der Waals surface area contributed by atoms with Crippen molar-refractivity contribution in [3.8, 4) is 6.07 Å². The molecule has 0 aromatic heterocycles. The molecule has 0 spiro atoms. The van der Waals surface area contributed by atoms with Gasteiger partial charge in [0.2, 0.25) is 0 Å². The van der Waals surface area contributed by atoms with E-state index in [-0.39, 0.29) is 10.8 Å². The quantitative estimate of drug-likeness (QED) is 0.657. The van der Waals surface area contributed by atoms with Gasteiger partial charge >= 0.3 is 0 Å². The molecule has 0 aromatic carbocycles. The van der Waals surface area contributed by atoms with Crippen LogP contribution in [0.4, 0.5) is 0 Å². The normalized spacial score (nSPS) is 51.7. The van der Waals surface area contributed by atoms with Crippen LogP contribution in [0.3, 0.4) is 0 Å². The zero-order chi connectivity index (χ0) is 11.5. The lowest BCUT2D eigenvalue weighted by atomic mass is 9.62. The summed E-state index contributed by atoms with van der Waals surface area (Å²) < 4.78 is 0. The highest BCUT2D eigenvalue weighted by Gasteiger charge is 2.78. The Bertz CT molecular complexity index is 330. The summed E-state index contributed by atoms with van der Waals surface area (Å²) in [6.07, 6.45) is 3.25. The summed E-state index contributed by atoms with van der Waals surface area (Å²) in [5.41, 5.74) is 0.910. The second-order valence-electron chi connectivity index (χ2n) is 6.17. The van der Waals surface area contributed by atoms with E-state index in [9.17, 15) is 0 Å². The highest BCUT2D eigenvalue weighted by atomic mass is 79.9. The molecule has 0 radical (unpaired) electrons. The van der Waals surface area contributed by atoms with Crippen molar-refractivity contribution in [3.05, 3.63) is 0 Å². The van der Waals surface area contributed by atoms with Crippen molar-refractivity contribution in [3.63, 3.8) is 0 Å². The Labute approximate surface area is 101 Å². The first-order chi connectivity index (χ1) is 6.84. The van der Waals surface area contributed by atoms with Crippen molar-refractivity contribution >= 4 is 15.9 Å². The fourth-order valence-corrected chi connectivity index (χ4v) is 5.16.